The zero-order valence-corrected chi connectivity index (χ0v) is 18.8. The van der Waals surface area contributed by atoms with Crippen LogP contribution in [0.15, 0.2) is 42.5 Å². The Morgan fingerprint density at radius 1 is 1.03 bits per heavy atom. The maximum Gasteiger partial charge on any atom is 0.272 e. The second kappa shape index (κ2) is 9.13. The van der Waals surface area contributed by atoms with Crippen LogP contribution in [0.25, 0.3) is 16.9 Å². The molecule has 0 unspecified atom stereocenters. The number of hydrogen-bond donors (Lipinski definition) is 2. The Morgan fingerprint density at radius 3 is 2.47 bits per heavy atom. The predicted molar refractivity (Wildman–Crippen MR) is 123 cm³/mol. The number of amides is 1. The Balaban J connectivity index is 1.65. The number of benzene rings is 2. The number of aromatic amines is 1. The van der Waals surface area contributed by atoms with E-state index in [9.17, 15) is 4.79 Å². The van der Waals surface area contributed by atoms with E-state index >= 15 is 0 Å². The van der Waals surface area contributed by atoms with Gasteiger partial charge >= 0.3 is 0 Å². The molecule has 0 aliphatic heterocycles. The zero-order valence-electron chi connectivity index (χ0n) is 18.8. The molecule has 0 fully saturated rings. The van der Waals surface area contributed by atoms with Crippen molar-refractivity contribution >= 4 is 5.91 Å². The second-order valence-electron chi connectivity index (χ2n) is 8.08. The molecule has 4 aromatic rings. The van der Waals surface area contributed by atoms with Crippen LogP contribution in [-0.4, -0.2) is 42.9 Å². The van der Waals surface area contributed by atoms with Gasteiger partial charge in [-0.3, -0.25) is 4.79 Å². The monoisotopic (exact) mass is 429 g/mol. The van der Waals surface area contributed by atoms with Gasteiger partial charge in [-0.2, -0.15) is 10.3 Å². The van der Waals surface area contributed by atoms with Gasteiger partial charge in [0.25, 0.3) is 5.91 Å². The fourth-order valence-electron chi connectivity index (χ4n) is 3.80. The lowest BCUT2D eigenvalue weighted by atomic mass is 10.0. The van der Waals surface area contributed by atoms with Crippen molar-refractivity contribution in [3.63, 3.8) is 0 Å². The standard InChI is InChI=1S/C24H27N7O/c1-15-7-10-19(11-8-15)23-18(4)22(24(32)25-13-5-6-21-26-29-30-27-21)28-31(23)20-12-9-16(2)14-17(20)3/h7-12,14H,5-6,13H2,1-4H3,(H,25,32)(H,26,27,29,30). The molecule has 0 spiro atoms. The Labute approximate surface area is 187 Å². The number of rotatable bonds is 7. The van der Waals surface area contributed by atoms with Gasteiger partial charge in [0.15, 0.2) is 11.5 Å². The first-order valence-corrected chi connectivity index (χ1v) is 10.7. The average molecular weight is 430 g/mol. The van der Waals surface area contributed by atoms with Crippen molar-refractivity contribution < 1.29 is 4.79 Å². The highest BCUT2D eigenvalue weighted by Crippen LogP contribution is 2.30. The Kier molecular flexibility index (Phi) is 6.11. The van der Waals surface area contributed by atoms with Gasteiger partial charge in [0.2, 0.25) is 0 Å². The summed E-state index contributed by atoms with van der Waals surface area (Å²) in [6.45, 7) is 8.65. The number of carbonyl (C=O) groups is 1. The number of nitrogens with zero attached hydrogens (tertiary/aromatic N) is 5. The maximum atomic E-state index is 13.0. The summed E-state index contributed by atoms with van der Waals surface area (Å²) in [6, 6.07) is 14.6. The highest BCUT2D eigenvalue weighted by atomic mass is 16.1. The highest BCUT2D eigenvalue weighted by Gasteiger charge is 2.22. The fraction of sp³-hybridized carbons (Fsp3) is 0.292. The molecule has 4 rings (SSSR count). The molecule has 1 amide bonds. The van der Waals surface area contributed by atoms with Crippen LogP contribution in [0.5, 0.6) is 0 Å². The van der Waals surface area contributed by atoms with Gasteiger partial charge in [-0.25, -0.2) is 4.68 Å². The molecule has 2 aromatic heterocycles. The summed E-state index contributed by atoms with van der Waals surface area (Å²) in [6.07, 6.45) is 1.36. The lowest BCUT2D eigenvalue weighted by Crippen LogP contribution is -2.26. The SMILES string of the molecule is Cc1ccc(-c2c(C)c(C(=O)NCCCc3nn[nH]n3)nn2-c2ccc(C)cc2C)cc1. The van der Waals surface area contributed by atoms with E-state index in [0.717, 1.165) is 28.1 Å². The summed E-state index contributed by atoms with van der Waals surface area (Å²) >= 11 is 0. The van der Waals surface area contributed by atoms with E-state index in [2.05, 4.69) is 89.2 Å². The van der Waals surface area contributed by atoms with Crippen molar-refractivity contribution in [1.29, 1.82) is 0 Å². The number of carbonyl (C=O) groups excluding carboxylic acids is 1. The Morgan fingerprint density at radius 2 is 1.78 bits per heavy atom. The molecule has 0 saturated heterocycles. The van der Waals surface area contributed by atoms with E-state index < -0.39 is 0 Å². The van der Waals surface area contributed by atoms with E-state index in [-0.39, 0.29) is 5.91 Å². The van der Waals surface area contributed by atoms with Gasteiger partial charge in [-0.1, -0.05) is 52.7 Å². The lowest BCUT2D eigenvalue weighted by molar-refractivity contribution is 0.0947. The van der Waals surface area contributed by atoms with E-state index in [1.807, 2.05) is 11.6 Å². The minimum absolute atomic E-state index is 0.188. The van der Waals surface area contributed by atoms with Crippen LogP contribution in [0.1, 0.15) is 45.0 Å². The number of aromatic nitrogens is 6. The minimum atomic E-state index is -0.188. The normalized spacial score (nSPS) is 11.0. The molecule has 0 radical (unpaired) electrons. The summed E-state index contributed by atoms with van der Waals surface area (Å²) < 4.78 is 1.89. The third-order valence-electron chi connectivity index (χ3n) is 5.49. The largest absolute Gasteiger partial charge is 0.351 e. The molecule has 164 valence electrons. The number of aryl methyl sites for hydroxylation is 4. The molecule has 0 atom stereocenters. The average Bonchev–Trinajstić information content (AvgIpc) is 3.40. The first-order chi connectivity index (χ1) is 15.4. The molecule has 8 heteroatoms. The van der Waals surface area contributed by atoms with E-state index in [4.69, 9.17) is 5.10 Å². The molecule has 0 saturated carbocycles. The Hall–Kier alpha value is -3.81. The highest BCUT2D eigenvalue weighted by molar-refractivity contribution is 5.95. The molecular weight excluding hydrogens is 402 g/mol. The molecule has 0 bridgehead atoms. The zero-order chi connectivity index (χ0) is 22.7. The molecule has 32 heavy (non-hydrogen) atoms. The van der Waals surface area contributed by atoms with Crippen molar-refractivity contribution in [2.45, 2.75) is 40.5 Å². The van der Waals surface area contributed by atoms with Gasteiger partial charge < -0.3 is 5.32 Å². The van der Waals surface area contributed by atoms with Crippen molar-refractivity contribution in [2.24, 2.45) is 0 Å². The van der Waals surface area contributed by atoms with Crippen LogP contribution in [0.4, 0.5) is 0 Å². The van der Waals surface area contributed by atoms with Gasteiger partial charge in [-0.05, 0) is 45.7 Å². The first kappa shape index (κ1) is 21.4. The number of hydrogen-bond acceptors (Lipinski definition) is 5. The molecule has 0 aliphatic rings. The van der Waals surface area contributed by atoms with Crippen LogP contribution in [-0.2, 0) is 6.42 Å². The fourth-order valence-corrected chi connectivity index (χ4v) is 3.80. The van der Waals surface area contributed by atoms with E-state index in [1.54, 1.807) is 0 Å². The summed E-state index contributed by atoms with van der Waals surface area (Å²) in [7, 11) is 0. The van der Waals surface area contributed by atoms with Gasteiger partial charge in [0, 0.05) is 24.1 Å². The van der Waals surface area contributed by atoms with E-state index in [0.29, 0.717) is 30.9 Å². The topological polar surface area (TPSA) is 101 Å². The molecule has 2 heterocycles. The third-order valence-corrected chi connectivity index (χ3v) is 5.49. The van der Waals surface area contributed by atoms with Gasteiger partial charge in [-0.15, -0.1) is 10.2 Å². The van der Waals surface area contributed by atoms with Crippen LogP contribution < -0.4 is 5.32 Å². The van der Waals surface area contributed by atoms with Gasteiger partial charge in [0.1, 0.15) is 0 Å². The van der Waals surface area contributed by atoms with Crippen molar-refractivity contribution in [1.82, 2.24) is 35.7 Å². The van der Waals surface area contributed by atoms with Crippen molar-refractivity contribution in [3.05, 3.63) is 76.2 Å². The number of H-pyrrole nitrogens is 1. The number of tetrazole rings is 1. The smallest absolute Gasteiger partial charge is 0.272 e. The van der Waals surface area contributed by atoms with Crippen LogP contribution in [0.2, 0.25) is 0 Å². The summed E-state index contributed by atoms with van der Waals surface area (Å²) in [5.41, 5.74) is 7.67. The molecule has 2 aromatic carbocycles. The predicted octanol–water partition coefficient (Wildman–Crippen LogP) is 3.65. The summed E-state index contributed by atoms with van der Waals surface area (Å²) in [5, 5.41) is 21.6. The second-order valence-corrected chi connectivity index (χ2v) is 8.08. The lowest BCUT2D eigenvalue weighted by Gasteiger charge is -2.12. The van der Waals surface area contributed by atoms with Crippen molar-refractivity contribution in [3.8, 4) is 16.9 Å². The third kappa shape index (κ3) is 4.44. The number of nitrogens with one attached hydrogen (secondary N) is 2. The maximum absolute atomic E-state index is 13.0. The summed E-state index contributed by atoms with van der Waals surface area (Å²) in [5.74, 6) is 0.448. The Bertz CT molecular complexity index is 1220. The van der Waals surface area contributed by atoms with Gasteiger partial charge in [0.05, 0.1) is 11.4 Å². The molecular formula is C24H27N7O. The van der Waals surface area contributed by atoms with Crippen molar-refractivity contribution in [2.75, 3.05) is 6.54 Å². The molecule has 0 aliphatic carbocycles. The van der Waals surface area contributed by atoms with Crippen LogP contribution in [0.3, 0.4) is 0 Å². The van der Waals surface area contributed by atoms with Crippen LogP contribution in [0, 0.1) is 27.7 Å². The summed E-state index contributed by atoms with van der Waals surface area (Å²) in [4.78, 5) is 13.0. The minimum Gasteiger partial charge on any atom is -0.351 e. The van der Waals surface area contributed by atoms with E-state index in [1.165, 1.54) is 11.1 Å². The molecule has 8 nitrogen and oxygen atoms in total. The quantitative estimate of drug-likeness (QED) is 0.437. The molecule has 2 N–H and O–H groups in total. The van der Waals surface area contributed by atoms with Crippen LogP contribution >= 0.6 is 0 Å². The first-order valence-electron chi connectivity index (χ1n) is 10.7.